The highest BCUT2D eigenvalue weighted by Crippen LogP contribution is 2.32. The van der Waals surface area contributed by atoms with Crippen molar-refractivity contribution in [2.24, 2.45) is 5.92 Å². The molecule has 2 amide bonds. The van der Waals surface area contributed by atoms with E-state index in [1.54, 1.807) is 9.80 Å². The Morgan fingerprint density at radius 2 is 1.70 bits per heavy atom. The minimum atomic E-state index is 0.0990. The van der Waals surface area contributed by atoms with Gasteiger partial charge in [-0.25, -0.2) is 4.79 Å². The molecule has 0 unspecified atom stereocenters. The molecule has 3 rings (SSSR count). The fraction of sp³-hybridized carbons (Fsp3) is 0.611. The minimum absolute atomic E-state index is 0.0990. The lowest BCUT2D eigenvalue weighted by Gasteiger charge is -2.37. The zero-order valence-electron chi connectivity index (χ0n) is 14.5. The number of amides is 2. The van der Waals surface area contributed by atoms with Gasteiger partial charge >= 0.3 is 6.03 Å². The van der Waals surface area contributed by atoms with Crippen LogP contribution in [0.2, 0.25) is 0 Å². The van der Waals surface area contributed by atoms with Gasteiger partial charge < -0.3 is 20.4 Å². The number of carbonyl (C=O) groups is 1. The number of rotatable bonds is 2. The Labute approximate surface area is 139 Å². The molecule has 0 aromatic heterocycles. The van der Waals surface area contributed by atoms with Crippen molar-refractivity contribution in [1.82, 2.24) is 9.80 Å². The molecule has 0 bridgehead atoms. The summed E-state index contributed by atoms with van der Waals surface area (Å²) in [4.78, 5) is 17.9. The molecule has 0 saturated carbocycles. The van der Waals surface area contributed by atoms with E-state index in [0.29, 0.717) is 5.92 Å². The number of urea groups is 1. The third kappa shape index (κ3) is 3.23. The van der Waals surface area contributed by atoms with Gasteiger partial charge in [-0.1, -0.05) is 13.0 Å². The summed E-state index contributed by atoms with van der Waals surface area (Å²) in [5, 5.41) is 0. The van der Waals surface area contributed by atoms with Gasteiger partial charge in [0.25, 0.3) is 0 Å². The Kier molecular flexibility index (Phi) is 4.37. The van der Waals surface area contributed by atoms with Gasteiger partial charge in [0.15, 0.2) is 0 Å². The lowest BCUT2D eigenvalue weighted by Crippen LogP contribution is -2.48. The zero-order chi connectivity index (χ0) is 16.6. The number of nitrogens with zero attached hydrogens (tertiary/aromatic N) is 3. The number of anilines is 2. The lowest BCUT2D eigenvalue weighted by molar-refractivity contribution is 0.144. The highest BCUT2D eigenvalue weighted by atomic mass is 16.2. The Morgan fingerprint density at radius 3 is 2.30 bits per heavy atom. The number of hydrogen-bond donors (Lipinski definition) is 1. The maximum atomic E-state index is 11.9. The Balaban J connectivity index is 1.81. The molecule has 2 heterocycles. The van der Waals surface area contributed by atoms with Crippen molar-refractivity contribution in [2.75, 3.05) is 50.9 Å². The highest BCUT2D eigenvalue weighted by Gasteiger charge is 2.28. The van der Waals surface area contributed by atoms with E-state index in [4.69, 9.17) is 5.73 Å². The van der Waals surface area contributed by atoms with Crippen LogP contribution in [-0.4, -0.2) is 56.1 Å². The van der Waals surface area contributed by atoms with Gasteiger partial charge in [0.2, 0.25) is 0 Å². The van der Waals surface area contributed by atoms with E-state index < -0.39 is 0 Å². The standard InChI is InChI=1S/C18H28N4O/c1-13-6-8-22(9-7-13)17-10-14(4-5-16(17)19)15-11-20(2)18(23)21(3)12-15/h4-5,10,13,15H,6-9,11-12,19H2,1-3H3. The summed E-state index contributed by atoms with van der Waals surface area (Å²) in [5.74, 6) is 1.15. The second kappa shape index (κ2) is 6.30. The van der Waals surface area contributed by atoms with E-state index >= 15 is 0 Å². The molecule has 126 valence electrons. The van der Waals surface area contributed by atoms with E-state index in [9.17, 15) is 4.79 Å². The summed E-state index contributed by atoms with van der Waals surface area (Å²) < 4.78 is 0. The third-order valence-electron chi connectivity index (χ3n) is 5.29. The van der Waals surface area contributed by atoms with Crippen molar-refractivity contribution >= 4 is 17.4 Å². The second-order valence-corrected chi connectivity index (χ2v) is 7.23. The largest absolute Gasteiger partial charge is 0.397 e. The molecule has 0 atom stereocenters. The second-order valence-electron chi connectivity index (χ2n) is 7.23. The molecular formula is C18H28N4O. The van der Waals surface area contributed by atoms with Crippen LogP contribution in [0.3, 0.4) is 0 Å². The fourth-order valence-corrected chi connectivity index (χ4v) is 3.72. The number of likely N-dealkylation sites (N-methyl/N-ethyl adjacent to an activating group) is 2. The van der Waals surface area contributed by atoms with Gasteiger partial charge in [-0.3, -0.25) is 0 Å². The predicted molar refractivity (Wildman–Crippen MR) is 94.9 cm³/mol. The van der Waals surface area contributed by atoms with E-state index in [1.807, 2.05) is 20.2 Å². The van der Waals surface area contributed by atoms with Gasteiger partial charge in [0, 0.05) is 46.2 Å². The van der Waals surface area contributed by atoms with E-state index in [-0.39, 0.29) is 6.03 Å². The Hall–Kier alpha value is -1.91. The number of benzene rings is 1. The molecule has 5 nitrogen and oxygen atoms in total. The predicted octanol–water partition coefficient (Wildman–Crippen LogP) is 2.59. The van der Waals surface area contributed by atoms with Crippen LogP contribution in [0.1, 0.15) is 31.2 Å². The smallest absolute Gasteiger partial charge is 0.319 e. The molecule has 1 aromatic rings. The zero-order valence-corrected chi connectivity index (χ0v) is 14.5. The van der Waals surface area contributed by atoms with Crippen molar-refractivity contribution in [3.8, 4) is 0 Å². The van der Waals surface area contributed by atoms with Crippen molar-refractivity contribution in [3.63, 3.8) is 0 Å². The highest BCUT2D eigenvalue weighted by molar-refractivity contribution is 5.75. The first-order valence-corrected chi connectivity index (χ1v) is 8.56. The molecule has 5 heteroatoms. The molecule has 2 aliphatic heterocycles. The maximum absolute atomic E-state index is 11.9. The third-order valence-corrected chi connectivity index (χ3v) is 5.29. The topological polar surface area (TPSA) is 52.8 Å². The maximum Gasteiger partial charge on any atom is 0.319 e. The number of carbonyl (C=O) groups excluding carboxylic acids is 1. The molecule has 2 saturated heterocycles. The number of piperidine rings is 1. The van der Waals surface area contributed by atoms with Gasteiger partial charge in [-0.15, -0.1) is 0 Å². The fourth-order valence-electron chi connectivity index (χ4n) is 3.72. The molecular weight excluding hydrogens is 288 g/mol. The van der Waals surface area contributed by atoms with Crippen LogP contribution in [0.4, 0.5) is 16.2 Å². The van der Waals surface area contributed by atoms with Gasteiger partial charge in [0.05, 0.1) is 11.4 Å². The average Bonchev–Trinajstić information content (AvgIpc) is 2.53. The lowest BCUT2D eigenvalue weighted by atomic mass is 9.94. The van der Waals surface area contributed by atoms with Crippen LogP contribution in [-0.2, 0) is 0 Å². The number of nitrogen functional groups attached to an aromatic ring is 1. The first-order chi connectivity index (χ1) is 11.0. The van der Waals surface area contributed by atoms with Crippen LogP contribution in [0, 0.1) is 5.92 Å². The SMILES string of the molecule is CC1CCN(c2cc(C3CN(C)C(=O)N(C)C3)ccc2N)CC1. The first-order valence-electron chi connectivity index (χ1n) is 8.56. The molecule has 0 aliphatic carbocycles. The quantitative estimate of drug-likeness (QED) is 0.853. The molecule has 23 heavy (non-hydrogen) atoms. The number of hydrogen-bond acceptors (Lipinski definition) is 3. The first kappa shape index (κ1) is 16.0. The summed E-state index contributed by atoms with van der Waals surface area (Å²) >= 11 is 0. The minimum Gasteiger partial charge on any atom is -0.397 e. The molecule has 2 fully saturated rings. The van der Waals surface area contributed by atoms with Crippen LogP contribution in [0.25, 0.3) is 0 Å². The van der Waals surface area contributed by atoms with Crippen molar-refractivity contribution in [2.45, 2.75) is 25.7 Å². The summed E-state index contributed by atoms with van der Waals surface area (Å²) in [6, 6.07) is 6.49. The summed E-state index contributed by atoms with van der Waals surface area (Å²) in [6.45, 7) is 6.02. The van der Waals surface area contributed by atoms with Crippen LogP contribution >= 0.6 is 0 Å². The van der Waals surface area contributed by atoms with Crippen LogP contribution in [0.15, 0.2) is 18.2 Å². The van der Waals surface area contributed by atoms with Crippen LogP contribution < -0.4 is 10.6 Å². The summed E-state index contributed by atoms with van der Waals surface area (Å²) in [5.41, 5.74) is 9.54. The van der Waals surface area contributed by atoms with Crippen LogP contribution in [0.5, 0.6) is 0 Å². The summed E-state index contributed by atoms with van der Waals surface area (Å²) in [6.07, 6.45) is 2.46. The van der Waals surface area contributed by atoms with Gasteiger partial charge in [-0.05, 0) is 36.5 Å². The van der Waals surface area contributed by atoms with Crippen molar-refractivity contribution in [1.29, 1.82) is 0 Å². The molecule has 2 aliphatic rings. The Morgan fingerprint density at radius 1 is 1.09 bits per heavy atom. The van der Waals surface area contributed by atoms with E-state index in [0.717, 1.165) is 43.5 Å². The van der Waals surface area contributed by atoms with Gasteiger partial charge in [0.1, 0.15) is 0 Å². The molecule has 2 N–H and O–H groups in total. The molecule has 0 spiro atoms. The molecule has 1 aromatic carbocycles. The van der Waals surface area contributed by atoms with Crippen molar-refractivity contribution in [3.05, 3.63) is 23.8 Å². The van der Waals surface area contributed by atoms with Crippen molar-refractivity contribution < 1.29 is 4.79 Å². The van der Waals surface area contributed by atoms with E-state index in [2.05, 4.69) is 24.0 Å². The van der Waals surface area contributed by atoms with E-state index in [1.165, 1.54) is 18.4 Å². The summed E-state index contributed by atoms with van der Waals surface area (Å²) in [7, 11) is 3.74. The number of nitrogens with two attached hydrogens (primary N) is 1. The molecule has 0 radical (unpaired) electrons. The average molecular weight is 316 g/mol. The van der Waals surface area contributed by atoms with Gasteiger partial charge in [-0.2, -0.15) is 0 Å². The monoisotopic (exact) mass is 316 g/mol. The Bertz CT molecular complexity index is 566. The normalized spacial score (nSPS) is 21.2.